The maximum Gasteiger partial charge on any atom is 0.347 e. The smallest absolute Gasteiger partial charge is 0.347 e. The van der Waals surface area contributed by atoms with E-state index in [0.717, 1.165) is 31.2 Å². The molecule has 0 saturated heterocycles. The van der Waals surface area contributed by atoms with Gasteiger partial charge in [-0.3, -0.25) is 4.79 Å². The SMILES string of the molecule is COC(=O)[C@@H](OC(=O)CCc1ccccc1)C1CCCCC1. The molecule has 0 heterocycles. The molecule has 2 rings (SSSR count). The summed E-state index contributed by atoms with van der Waals surface area (Å²) in [6.45, 7) is 0. The molecule has 1 fully saturated rings. The van der Waals surface area contributed by atoms with Gasteiger partial charge in [-0.25, -0.2) is 4.79 Å². The third kappa shape index (κ3) is 4.86. The van der Waals surface area contributed by atoms with E-state index in [-0.39, 0.29) is 18.3 Å². The summed E-state index contributed by atoms with van der Waals surface area (Å²) >= 11 is 0. The first kappa shape index (κ1) is 16.5. The Labute approximate surface area is 131 Å². The predicted octanol–water partition coefficient (Wildman–Crippen LogP) is 3.28. The molecule has 0 aliphatic heterocycles. The Morgan fingerprint density at radius 2 is 1.82 bits per heavy atom. The Bertz CT molecular complexity index is 477. The number of aryl methyl sites for hydroxylation is 1. The molecule has 1 aliphatic rings. The highest BCUT2D eigenvalue weighted by molar-refractivity contribution is 5.79. The van der Waals surface area contributed by atoms with Gasteiger partial charge in [0, 0.05) is 12.3 Å². The number of rotatable bonds is 6. The Balaban J connectivity index is 1.88. The molecule has 1 aromatic rings. The van der Waals surface area contributed by atoms with Crippen LogP contribution in [0.25, 0.3) is 0 Å². The van der Waals surface area contributed by atoms with Crippen LogP contribution in [0.1, 0.15) is 44.1 Å². The minimum Gasteiger partial charge on any atom is -0.466 e. The van der Waals surface area contributed by atoms with Gasteiger partial charge in [-0.05, 0) is 24.8 Å². The Kier molecular flexibility index (Phi) is 6.44. The molecule has 0 aromatic heterocycles. The van der Waals surface area contributed by atoms with Gasteiger partial charge in [0.05, 0.1) is 7.11 Å². The molecule has 0 unspecified atom stereocenters. The van der Waals surface area contributed by atoms with Crippen molar-refractivity contribution in [3.8, 4) is 0 Å². The van der Waals surface area contributed by atoms with Crippen molar-refractivity contribution in [1.29, 1.82) is 0 Å². The normalized spacial score (nSPS) is 16.8. The fraction of sp³-hybridized carbons (Fsp3) is 0.556. The van der Waals surface area contributed by atoms with Crippen molar-refractivity contribution in [3.63, 3.8) is 0 Å². The van der Waals surface area contributed by atoms with Crippen LogP contribution in [0, 0.1) is 5.92 Å². The third-order valence-corrected chi connectivity index (χ3v) is 4.23. The lowest BCUT2D eigenvalue weighted by Gasteiger charge is -2.28. The van der Waals surface area contributed by atoms with Crippen molar-refractivity contribution in [1.82, 2.24) is 0 Å². The summed E-state index contributed by atoms with van der Waals surface area (Å²) in [5, 5.41) is 0. The molecule has 120 valence electrons. The molecule has 0 N–H and O–H groups in total. The van der Waals surface area contributed by atoms with Crippen molar-refractivity contribution >= 4 is 11.9 Å². The van der Waals surface area contributed by atoms with Crippen molar-refractivity contribution in [3.05, 3.63) is 35.9 Å². The average molecular weight is 304 g/mol. The zero-order chi connectivity index (χ0) is 15.8. The Hall–Kier alpha value is -1.84. The number of ether oxygens (including phenoxy) is 2. The summed E-state index contributed by atoms with van der Waals surface area (Å²) < 4.78 is 10.3. The highest BCUT2D eigenvalue weighted by Crippen LogP contribution is 2.29. The van der Waals surface area contributed by atoms with Gasteiger partial charge in [0.1, 0.15) is 0 Å². The summed E-state index contributed by atoms with van der Waals surface area (Å²) in [7, 11) is 1.34. The maximum atomic E-state index is 12.1. The maximum absolute atomic E-state index is 12.1. The first-order valence-corrected chi connectivity index (χ1v) is 8.02. The standard InChI is InChI=1S/C18H24O4/c1-21-18(20)17(15-10-6-3-7-11-15)22-16(19)13-12-14-8-4-2-5-9-14/h2,4-5,8-9,15,17H,3,6-7,10-13H2,1H3/t17-/m0/s1. The second kappa shape index (κ2) is 8.57. The van der Waals surface area contributed by atoms with Crippen LogP contribution in [-0.4, -0.2) is 25.2 Å². The van der Waals surface area contributed by atoms with E-state index in [1.807, 2.05) is 30.3 Å². The van der Waals surface area contributed by atoms with Gasteiger partial charge in [0.25, 0.3) is 0 Å². The van der Waals surface area contributed by atoms with E-state index in [2.05, 4.69) is 0 Å². The lowest BCUT2D eigenvalue weighted by Crippen LogP contribution is -2.36. The molecule has 4 nitrogen and oxygen atoms in total. The molecule has 0 bridgehead atoms. The zero-order valence-corrected chi connectivity index (χ0v) is 13.1. The van der Waals surface area contributed by atoms with Gasteiger partial charge < -0.3 is 9.47 Å². The van der Waals surface area contributed by atoms with Crippen LogP contribution in [0.4, 0.5) is 0 Å². The fourth-order valence-corrected chi connectivity index (χ4v) is 2.98. The van der Waals surface area contributed by atoms with Crippen LogP contribution in [0.15, 0.2) is 30.3 Å². The highest BCUT2D eigenvalue weighted by Gasteiger charge is 2.33. The fourth-order valence-electron chi connectivity index (χ4n) is 2.98. The number of methoxy groups -OCH3 is 1. The monoisotopic (exact) mass is 304 g/mol. The molecule has 22 heavy (non-hydrogen) atoms. The van der Waals surface area contributed by atoms with Gasteiger partial charge in [-0.2, -0.15) is 0 Å². The highest BCUT2D eigenvalue weighted by atomic mass is 16.6. The second-order valence-corrected chi connectivity index (χ2v) is 5.82. The number of carbonyl (C=O) groups is 2. The summed E-state index contributed by atoms with van der Waals surface area (Å²) in [6.07, 6.45) is 5.36. The third-order valence-electron chi connectivity index (χ3n) is 4.23. The molecular formula is C18H24O4. The number of carbonyl (C=O) groups excluding carboxylic acids is 2. The van der Waals surface area contributed by atoms with E-state index in [1.54, 1.807) is 0 Å². The molecule has 1 atom stereocenters. The quantitative estimate of drug-likeness (QED) is 0.757. The lowest BCUT2D eigenvalue weighted by atomic mass is 9.85. The molecular weight excluding hydrogens is 280 g/mol. The van der Waals surface area contributed by atoms with Crippen molar-refractivity contribution in [2.24, 2.45) is 5.92 Å². The summed E-state index contributed by atoms with van der Waals surface area (Å²) in [5.74, 6) is -0.660. The van der Waals surface area contributed by atoms with E-state index in [0.29, 0.717) is 6.42 Å². The first-order valence-electron chi connectivity index (χ1n) is 8.02. The first-order chi connectivity index (χ1) is 10.7. The van der Waals surface area contributed by atoms with E-state index in [1.165, 1.54) is 13.5 Å². The summed E-state index contributed by atoms with van der Waals surface area (Å²) in [4.78, 5) is 24.0. The van der Waals surface area contributed by atoms with Crippen molar-refractivity contribution in [2.75, 3.05) is 7.11 Å². The lowest BCUT2D eigenvalue weighted by molar-refractivity contribution is -0.171. The molecule has 0 amide bonds. The predicted molar refractivity (Wildman–Crippen MR) is 83.2 cm³/mol. The van der Waals surface area contributed by atoms with Crippen molar-refractivity contribution in [2.45, 2.75) is 51.0 Å². The number of hydrogen-bond acceptors (Lipinski definition) is 4. The van der Waals surface area contributed by atoms with E-state index >= 15 is 0 Å². The average Bonchev–Trinajstić information content (AvgIpc) is 2.59. The van der Waals surface area contributed by atoms with Gasteiger partial charge >= 0.3 is 11.9 Å². The summed E-state index contributed by atoms with van der Waals surface area (Å²) in [5.41, 5.74) is 1.09. The minimum atomic E-state index is -0.742. The molecule has 4 heteroatoms. The van der Waals surface area contributed by atoms with Crippen LogP contribution in [0.5, 0.6) is 0 Å². The number of esters is 2. The van der Waals surface area contributed by atoms with Gasteiger partial charge in [0.15, 0.2) is 0 Å². The molecule has 1 saturated carbocycles. The zero-order valence-electron chi connectivity index (χ0n) is 13.1. The minimum absolute atomic E-state index is 0.0990. The van der Waals surface area contributed by atoms with E-state index < -0.39 is 12.1 Å². The van der Waals surface area contributed by atoms with Crippen molar-refractivity contribution < 1.29 is 19.1 Å². The Morgan fingerprint density at radius 3 is 2.45 bits per heavy atom. The Morgan fingerprint density at radius 1 is 1.14 bits per heavy atom. The van der Waals surface area contributed by atoms with Gasteiger partial charge in [-0.15, -0.1) is 0 Å². The van der Waals surface area contributed by atoms with Crippen LogP contribution in [0.2, 0.25) is 0 Å². The van der Waals surface area contributed by atoms with Crippen LogP contribution in [-0.2, 0) is 25.5 Å². The molecule has 1 aliphatic carbocycles. The van der Waals surface area contributed by atoms with Crippen LogP contribution < -0.4 is 0 Å². The van der Waals surface area contributed by atoms with Crippen LogP contribution >= 0.6 is 0 Å². The van der Waals surface area contributed by atoms with Gasteiger partial charge in [-0.1, -0.05) is 49.6 Å². The molecule has 0 spiro atoms. The number of benzene rings is 1. The molecule has 0 radical (unpaired) electrons. The van der Waals surface area contributed by atoms with E-state index in [4.69, 9.17) is 9.47 Å². The second-order valence-electron chi connectivity index (χ2n) is 5.82. The van der Waals surface area contributed by atoms with E-state index in [9.17, 15) is 9.59 Å². The topological polar surface area (TPSA) is 52.6 Å². The number of hydrogen-bond donors (Lipinski definition) is 0. The van der Waals surface area contributed by atoms with Gasteiger partial charge in [0.2, 0.25) is 6.10 Å². The molecule has 1 aromatic carbocycles. The summed E-state index contributed by atoms with van der Waals surface area (Å²) in [6, 6.07) is 9.79. The van der Waals surface area contributed by atoms with Crippen LogP contribution in [0.3, 0.4) is 0 Å². The largest absolute Gasteiger partial charge is 0.466 e.